The van der Waals surface area contributed by atoms with E-state index in [1.165, 1.54) is 5.56 Å². The molecule has 86 valence electrons. The van der Waals surface area contributed by atoms with Crippen molar-refractivity contribution >= 4 is 5.97 Å². The lowest BCUT2D eigenvalue weighted by Crippen LogP contribution is -2.04. The molecule has 16 heavy (non-hydrogen) atoms. The summed E-state index contributed by atoms with van der Waals surface area (Å²) >= 11 is 0. The van der Waals surface area contributed by atoms with Gasteiger partial charge in [0.05, 0.1) is 12.2 Å². The van der Waals surface area contributed by atoms with E-state index >= 15 is 0 Å². The molecule has 0 saturated carbocycles. The molecule has 1 aromatic rings. The molecule has 0 unspecified atom stereocenters. The summed E-state index contributed by atoms with van der Waals surface area (Å²) in [6, 6.07) is 7.60. The summed E-state index contributed by atoms with van der Waals surface area (Å²) in [5.74, 6) is -0.250. The Balaban J connectivity index is 2.53. The number of benzene rings is 1. The fourth-order valence-electron chi connectivity index (χ4n) is 1.47. The molecule has 1 rings (SSSR count). The molecule has 0 aromatic heterocycles. The van der Waals surface area contributed by atoms with E-state index in [-0.39, 0.29) is 5.97 Å². The lowest BCUT2D eigenvalue weighted by Gasteiger charge is -2.03. The maximum Gasteiger partial charge on any atom is 0.338 e. The van der Waals surface area contributed by atoms with Gasteiger partial charge < -0.3 is 4.74 Å². The molecule has 0 atom stereocenters. The van der Waals surface area contributed by atoms with Crippen LogP contribution >= 0.6 is 0 Å². The highest BCUT2D eigenvalue weighted by Crippen LogP contribution is 2.09. The quantitative estimate of drug-likeness (QED) is 0.415. The van der Waals surface area contributed by atoms with Gasteiger partial charge in [-0.2, -0.15) is 0 Å². The number of aryl methyl sites for hydroxylation is 1. The van der Waals surface area contributed by atoms with Crippen molar-refractivity contribution in [1.82, 2.24) is 0 Å². The van der Waals surface area contributed by atoms with Gasteiger partial charge in [0, 0.05) is 0 Å². The van der Waals surface area contributed by atoms with E-state index in [0.717, 1.165) is 19.3 Å². The van der Waals surface area contributed by atoms with Crippen molar-refractivity contribution in [2.75, 3.05) is 6.61 Å². The molecule has 2 nitrogen and oxygen atoms in total. The molecule has 0 aliphatic carbocycles. The second-order valence-electron chi connectivity index (χ2n) is 3.60. The molecule has 0 heterocycles. The number of rotatable bonds is 6. The van der Waals surface area contributed by atoms with E-state index in [0.29, 0.717) is 12.2 Å². The minimum Gasteiger partial charge on any atom is -0.462 e. The zero-order valence-electron chi connectivity index (χ0n) is 9.74. The first-order chi connectivity index (χ1) is 7.77. The monoisotopic (exact) mass is 218 g/mol. The molecule has 0 N–H and O–H groups in total. The van der Waals surface area contributed by atoms with E-state index in [2.05, 4.69) is 6.58 Å². The van der Waals surface area contributed by atoms with Crippen LogP contribution in [0.1, 0.15) is 35.7 Å². The van der Waals surface area contributed by atoms with Crippen LogP contribution in [0.25, 0.3) is 0 Å². The third kappa shape index (κ3) is 3.89. The van der Waals surface area contributed by atoms with Crippen LogP contribution in [0, 0.1) is 0 Å². The van der Waals surface area contributed by atoms with Crippen molar-refractivity contribution < 1.29 is 9.53 Å². The Morgan fingerprint density at radius 1 is 1.38 bits per heavy atom. The summed E-state index contributed by atoms with van der Waals surface area (Å²) in [6.45, 7) is 5.91. The number of unbranched alkanes of at least 4 members (excludes halogenated alkanes) is 1. The van der Waals surface area contributed by atoms with Crippen molar-refractivity contribution in [3.8, 4) is 0 Å². The molecular formula is C14H18O2. The van der Waals surface area contributed by atoms with Crippen LogP contribution in [0.4, 0.5) is 0 Å². The predicted molar refractivity (Wildman–Crippen MR) is 65.5 cm³/mol. The molecular weight excluding hydrogens is 200 g/mol. The molecule has 1 aromatic carbocycles. The lowest BCUT2D eigenvalue weighted by molar-refractivity contribution is 0.0526. The fraction of sp³-hybridized carbons (Fsp3) is 0.357. The van der Waals surface area contributed by atoms with E-state index in [4.69, 9.17) is 4.74 Å². The Kier molecular flexibility index (Phi) is 5.34. The van der Waals surface area contributed by atoms with Gasteiger partial charge in [-0.05, 0) is 43.9 Å². The van der Waals surface area contributed by atoms with Crippen molar-refractivity contribution in [2.24, 2.45) is 0 Å². The topological polar surface area (TPSA) is 26.3 Å². The van der Waals surface area contributed by atoms with Crippen molar-refractivity contribution in [3.63, 3.8) is 0 Å². The van der Waals surface area contributed by atoms with Gasteiger partial charge >= 0.3 is 5.97 Å². The molecule has 0 spiro atoms. The Hall–Kier alpha value is -1.57. The number of carbonyl (C=O) groups is 1. The van der Waals surface area contributed by atoms with Gasteiger partial charge in [-0.3, -0.25) is 0 Å². The first kappa shape index (κ1) is 12.5. The Labute approximate surface area is 96.9 Å². The molecule has 0 saturated heterocycles. The van der Waals surface area contributed by atoms with Crippen molar-refractivity contribution in [2.45, 2.75) is 26.2 Å². The normalized spacial score (nSPS) is 9.81. The molecule has 0 bridgehead atoms. The number of carbonyl (C=O) groups excluding carboxylic acids is 1. The van der Waals surface area contributed by atoms with Crippen molar-refractivity contribution in [1.29, 1.82) is 0 Å². The van der Waals surface area contributed by atoms with E-state index in [9.17, 15) is 4.79 Å². The van der Waals surface area contributed by atoms with Gasteiger partial charge in [-0.15, -0.1) is 6.58 Å². The SMILES string of the molecule is C=CCCCc1ccc(C(=O)OCC)cc1. The standard InChI is InChI=1S/C14H18O2/c1-3-5-6-7-12-8-10-13(11-9-12)14(15)16-4-2/h3,8-11H,1,4-7H2,2H3. The summed E-state index contributed by atoms with van der Waals surface area (Å²) in [7, 11) is 0. The maximum atomic E-state index is 11.4. The summed E-state index contributed by atoms with van der Waals surface area (Å²) in [6.07, 6.45) is 5.07. The van der Waals surface area contributed by atoms with E-state index in [1.54, 1.807) is 0 Å². The maximum absolute atomic E-state index is 11.4. The first-order valence-electron chi connectivity index (χ1n) is 5.65. The molecule has 2 heteroatoms. The number of allylic oxidation sites excluding steroid dienone is 1. The van der Waals surface area contributed by atoms with Crippen LogP contribution < -0.4 is 0 Å². The van der Waals surface area contributed by atoms with E-state index < -0.39 is 0 Å². The largest absolute Gasteiger partial charge is 0.462 e. The number of hydrogen-bond donors (Lipinski definition) is 0. The Morgan fingerprint density at radius 3 is 2.62 bits per heavy atom. The second-order valence-corrected chi connectivity index (χ2v) is 3.60. The zero-order chi connectivity index (χ0) is 11.8. The van der Waals surface area contributed by atoms with Crippen LogP contribution in [0.3, 0.4) is 0 Å². The number of hydrogen-bond acceptors (Lipinski definition) is 2. The average molecular weight is 218 g/mol. The third-order valence-corrected chi connectivity index (χ3v) is 2.34. The first-order valence-corrected chi connectivity index (χ1v) is 5.65. The summed E-state index contributed by atoms with van der Waals surface area (Å²) in [5, 5.41) is 0. The third-order valence-electron chi connectivity index (χ3n) is 2.34. The average Bonchev–Trinajstić information content (AvgIpc) is 2.30. The highest BCUT2D eigenvalue weighted by molar-refractivity contribution is 5.89. The highest BCUT2D eigenvalue weighted by Gasteiger charge is 2.04. The van der Waals surface area contributed by atoms with E-state index in [1.807, 2.05) is 37.3 Å². The van der Waals surface area contributed by atoms with Gasteiger partial charge in [0.1, 0.15) is 0 Å². The molecule has 0 radical (unpaired) electrons. The number of ether oxygens (including phenoxy) is 1. The molecule has 0 aliphatic heterocycles. The highest BCUT2D eigenvalue weighted by atomic mass is 16.5. The van der Waals surface area contributed by atoms with Crippen LogP contribution in [0.5, 0.6) is 0 Å². The summed E-state index contributed by atoms with van der Waals surface area (Å²) in [5.41, 5.74) is 1.87. The van der Waals surface area contributed by atoms with Gasteiger partial charge in [-0.1, -0.05) is 18.2 Å². The summed E-state index contributed by atoms with van der Waals surface area (Å²) < 4.78 is 4.91. The number of esters is 1. The van der Waals surface area contributed by atoms with Crippen LogP contribution in [-0.2, 0) is 11.2 Å². The second kappa shape index (κ2) is 6.83. The van der Waals surface area contributed by atoms with Gasteiger partial charge in [0.15, 0.2) is 0 Å². The van der Waals surface area contributed by atoms with Crippen molar-refractivity contribution in [3.05, 3.63) is 48.0 Å². The minimum absolute atomic E-state index is 0.250. The lowest BCUT2D eigenvalue weighted by atomic mass is 10.1. The molecule has 0 fully saturated rings. The zero-order valence-corrected chi connectivity index (χ0v) is 9.74. The molecule has 0 aliphatic rings. The fourth-order valence-corrected chi connectivity index (χ4v) is 1.47. The Morgan fingerprint density at radius 2 is 2.06 bits per heavy atom. The van der Waals surface area contributed by atoms with Gasteiger partial charge in [0.25, 0.3) is 0 Å². The minimum atomic E-state index is -0.250. The van der Waals surface area contributed by atoms with Gasteiger partial charge in [-0.25, -0.2) is 4.79 Å². The van der Waals surface area contributed by atoms with Crippen LogP contribution in [-0.4, -0.2) is 12.6 Å². The predicted octanol–water partition coefficient (Wildman–Crippen LogP) is 3.37. The van der Waals surface area contributed by atoms with Gasteiger partial charge in [0.2, 0.25) is 0 Å². The molecule has 0 amide bonds. The summed E-state index contributed by atoms with van der Waals surface area (Å²) in [4.78, 5) is 11.4. The Bertz CT molecular complexity index is 338. The van der Waals surface area contributed by atoms with Crippen LogP contribution in [0.2, 0.25) is 0 Å². The smallest absolute Gasteiger partial charge is 0.338 e. The van der Waals surface area contributed by atoms with Crippen LogP contribution in [0.15, 0.2) is 36.9 Å².